The van der Waals surface area contributed by atoms with Crippen LogP contribution in [0.15, 0.2) is 4.34 Å². The predicted molar refractivity (Wildman–Crippen MR) is 77.3 cm³/mol. The summed E-state index contributed by atoms with van der Waals surface area (Å²) in [6.45, 7) is 10.6. The molecule has 5 nitrogen and oxygen atoms in total. The van der Waals surface area contributed by atoms with Gasteiger partial charge in [-0.25, -0.2) is 0 Å². The molecule has 0 aliphatic carbocycles. The van der Waals surface area contributed by atoms with Gasteiger partial charge >= 0.3 is 0 Å². The summed E-state index contributed by atoms with van der Waals surface area (Å²) in [5.74, 6) is 0.0306. The van der Waals surface area contributed by atoms with E-state index in [2.05, 4.69) is 41.6 Å². The lowest BCUT2D eigenvalue weighted by atomic mass is 10.1. The van der Waals surface area contributed by atoms with Gasteiger partial charge in [0.1, 0.15) is 0 Å². The largest absolute Gasteiger partial charge is 0.355 e. The van der Waals surface area contributed by atoms with Crippen LogP contribution in [-0.2, 0) is 4.79 Å². The number of carbonyl (C=O) groups is 1. The van der Waals surface area contributed by atoms with Crippen molar-refractivity contribution in [1.29, 1.82) is 0 Å². The number of amides is 1. The Morgan fingerprint density at radius 3 is 2.67 bits per heavy atom. The van der Waals surface area contributed by atoms with E-state index in [0.29, 0.717) is 6.54 Å². The van der Waals surface area contributed by atoms with Crippen LogP contribution in [0, 0.1) is 0 Å². The maximum Gasteiger partial charge on any atom is 0.233 e. The van der Waals surface area contributed by atoms with Crippen molar-refractivity contribution >= 4 is 34.1 Å². The lowest BCUT2D eigenvalue weighted by molar-refractivity contribution is -0.120. The molecule has 1 heterocycles. The highest BCUT2D eigenvalue weighted by atomic mass is 32.2. The molecular weight excluding hydrogens is 268 g/mol. The molecular formula is C11H20N4OS2. The Bertz CT molecular complexity index is 400. The third-order valence-corrected chi connectivity index (χ3v) is 3.91. The molecule has 0 aliphatic rings. The second-order valence-electron chi connectivity index (χ2n) is 4.90. The molecule has 1 aromatic heterocycles. The van der Waals surface area contributed by atoms with Crippen LogP contribution in [0.1, 0.15) is 34.6 Å². The zero-order valence-electron chi connectivity index (χ0n) is 11.4. The van der Waals surface area contributed by atoms with E-state index in [0.717, 1.165) is 9.47 Å². The zero-order valence-corrected chi connectivity index (χ0v) is 13.0. The van der Waals surface area contributed by atoms with Crippen molar-refractivity contribution in [1.82, 2.24) is 15.5 Å². The highest BCUT2D eigenvalue weighted by Crippen LogP contribution is 2.30. The Balaban J connectivity index is 2.56. The van der Waals surface area contributed by atoms with Crippen LogP contribution in [0.2, 0.25) is 0 Å². The molecule has 0 fully saturated rings. The van der Waals surface area contributed by atoms with Gasteiger partial charge in [0.15, 0.2) is 4.34 Å². The summed E-state index contributed by atoms with van der Waals surface area (Å²) in [5, 5.41) is 14.8. The van der Waals surface area contributed by atoms with E-state index in [4.69, 9.17) is 0 Å². The molecule has 7 heteroatoms. The summed E-state index contributed by atoms with van der Waals surface area (Å²) < 4.78 is 0.806. The molecule has 0 bridgehead atoms. The highest BCUT2D eigenvalue weighted by molar-refractivity contribution is 8.02. The van der Waals surface area contributed by atoms with Crippen LogP contribution in [0.25, 0.3) is 0 Å². The zero-order chi connectivity index (χ0) is 13.8. The van der Waals surface area contributed by atoms with E-state index >= 15 is 0 Å². The molecule has 0 aliphatic heterocycles. The van der Waals surface area contributed by atoms with Gasteiger partial charge in [0.05, 0.1) is 5.25 Å². The molecule has 18 heavy (non-hydrogen) atoms. The summed E-state index contributed by atoms with van der Waals surface area (Å²) in [6.07, 6.45) is 0. The van der Waals surface area contributed by atoms with Gasteiger partial charge in [0.25, 0.3) is 0 Å². The van der Waals surface area contributed by atoms with Crippen LogP contribution < -0.4 is 10.6 Å². The second-order valence-corrected chi connectivity index (χ2v) is 7.47. The first kappa shape index (κ1) is 15.2. The van der Waals surface area contributed by atoms with Crippen molar-refractivity contribution in [3.05, 3.63) is 0 Å². The molecule has 1 aromatic rings. The van der Waals surface area contributed by atoms with Crippen LogP contribution >= 0.6 is 23.1 Å². The molecule has 102 valence electrons. The van der Waals surface area contributed by atoms with Gasteiger partial charge in [-0.05, 0) is 34.6 Å². The van der Waals surface area contributed by atoms with E-state index in [1.807, 2.05) is 13.8 Å². The SMILES string of the molecule is CCNC(=O)C(C)Sc1nnc(NC(C)(C)C)s1. The standard InChI is InChI=1S/C11H20N4OS2/c1-6-12-8(16)7(2)17-10-15-14-9(18-10)13-11(3,4)5/h7H,6H2,1-5H3,(H,12,16)(H,13,14). The highest BCUT2D eigenvalue weighted by Gasteiger charge is 2.18. The molecule has 1 atom stereocenters. The van der Waals surface area contributed by atoms with Gasteiger partial charge in [-0.3, -0.25) is 4.79 Å². The first-order valence-electron chi connectivity index (χ1n) is 5.88. The number of nitrogens with one attached hydrogen (secondary N) is 2. The summed E-state index contributed by atoms with van der Waals surface area (Å²) in [4.78, 5) is 11.6. The van der Waals surface area contributed by atoms with Gasteiger partial charge in [-0.2, -0.15) is 0 Å². The number of hydrogen-bond donors (Lipinski definition) is 2. The first-order chi connectivity index (χ1) is 8.31. The Hall–Kier alpha value is -0.820. The fourth-order valence-corrected chi connectivity index (χ4v) is 3.28. The third kappa shape index (κ3) is 5.22. The van der Waals surface area contributed by atoms with Gasteiger partial charge in [0.2, 0.25) is 11.0 Å². The van der Waals surface area contributed by atoms with E-state index < -0.39 is 0 Å². The van der Waals surface area contributed by atoms with Crippen molar-refractivity contribution in [2.45, 2.75) is 49.7 Å². The number of aromatic nitrogens is 2. The second kappa shape index (κ2) is 6.38. The molecule has 1 rings (SSSR count). The maximum absolute atomic E-state index is 11.6. The number of anilines is 1. The number of nitrogens with zero attached hydrogens (tertiary/aromatic N) is 2. The van der Waals surface area contributed by atoms with Crippen LogP contribution in [0.4, 0.5) is 5.13 Å². The van der Waals surface area contributed by atoms with E-state index in [1.165, 1.54) is 23.1 Å². The fourth-order valence-electron chi connectivity index (χ4n) is 1.15. The monoisotopic (exact) mass is 288 g/mol. The van der Waals surface area contributed by atoms with Crippen LogP contribution in [-0.4, -0.2) is 33.4 Å². The van der Waals surface area contributed by atoms with Gasteiger partial charge in [-0.15, -0.1) is 10.2 Å². The summed E-state index contributed by atoms with van der Waals surface area (Å²) in [7, 11) is 0. The first-order valence-corrected chi connectivity index (χ1v) is 7.57. The molecule has 0 radical (unpaired) electrons. The third-order valence-electron chi connectivity index (χ3n) is 1.89. The molecule has 0 saturated carbocycles. The smallest absolute Gasteiger partial charge is 0.233 e. The molecule has 0 saturated heterocycles. The van der Waals surface area contributed by atoms with Crippen LogP contribution in [0.5, 0.6) is 0 Å². The van der Waals surface area contributed by atoms with Crippen molar-refractivity contribution in [3.8, 4) is 0 Å². The van der Waals surface area contributed by atoms with Crippen LogP contribution in [0.3, 0.4) is 0 Å². The van der Waals surface area contributed by atoms with Crippen molar-refractivity contribution in [3.63, 3.8) is 0 Å². The van der Waals surface area contributed by atoms with Gasteiger partial charge in [0, 0.05) is 12.1 Å². The number of hydrogen-bond acceptors (Lipinski definition) is 6. The predicted octanol–water partition coefficient (Wildman–Crippen LogP) is 2.37. The summed E-state index contributed by atoms with van der Waals surface area (Å²) >= 11 is 2.90. The molecule has 1 amide bonds. The molecule has 2 N–H and O–H groups in total. The fraction of sp³-hybridized carbons (Fsp3) is 0.727. The summed E-state index contributed by atoms with van der Waals surface area (Å²) in [6, 6.07) is 0. The van der Waals surface area contributed by atoms with Gasteiger partial charge < -0.3 is 10.6 Å². The van der Waals surface area contributed by atoms with E-state index in [1.54, 1.807) is 0 Å². The minimum absolute atomic E-state index is 0.0306. The number of thioether (sulfide) groups is 1. The topological polar surface area (TPSA) is 66.9 Å². The Morgan fingerprint density at radius 2 is 2.11 bits per heavy atom. The average molecular weight is 288 g/mol. The lowest BCUT2D eigenvalue weighted by Gasteiger charge is -2.18. The Kier molecular flexibility index (Phi) is 5.40. The molecule has 0 spiro atoms. The van der Waals surface area contributed by atoms with Crippen molar-refractivity contribution < 1.29 is 4.79 Å². The minimum atomic E-state index is -0.152. The van der Waals surface area contributed by atoms with E-state index in [-0.39, 0.29) is 16.7 Å². The van der Waals surface area contributed by atoms with Crippen molar-refractivity contribution in [2.75, 3.05) is 11.9 Å². The Morgan fingerprint density at radius 1 is 1.44 bits per heavy atom. The molecule has 1 unspecified atom stereocenters. The molecule has 0 aromatic carbocycles. The number of rotatable bonds is 5. The maximum atomic E-state index is 11.6. The quantitative estimate of drug-likeness (QED) is 0.814. The lowest BCUT2D eigenvalue weighted by Crippen LogP contribution is -2.30. The van der Waals surface area contributed by atoms with Gasteiger partial charge in [-0.1, -0.05) is 23.1 Å². The van der Waals surface area contributed by atoms with Crippen molar-refractivity contribution in [2.24, 2.45) is 0 Å². The van der Waals surface area contributed by atoms with E-state index in [9.17, 15) is 4.79 Å². The Labute approximate surface area is 116 Å². The normalized spacial score (nSPS) is 13.2. The summed E-state index contributed by atoms with van der Waals surface area (Å²) in [5.41, 5.74) is -0.0350. The average Bonchev–Trinajstić information content (AvgIpc) is 2.63. The minimum Gasteiger partial charge on any atom is -0.355 e. The number of carbonyl (C=O) groups excluding carboxylic acids is 1.